The van der Waals surface area contributed by atoms with Gasteiger partial charge in [0, 0.05) is 11.8 Å². The number of rotatable bonds is 12. The Balaban J connectivity index is 1.98. The van der Waals surface area contributed by atoms with Crippen LogP contribution in [0, 0.1) is 5.92 Å². The second-order valence-corrected chi connectivity index (χ2v) is 7.39. The summed E-state index contributed by atoms with van der Waals surface area (Å²) in [5.41, 5.74) is 3.50. The van der Waals surface area contributed by atoms with E-state index in [0.29, 0.717) is 5.92 Å². The van der Waals surface area contributed by atoms with Crippen LogP contribution < -0.4 is 4.74 Å². The number of aromatic nitrogens is 1. The predicted molar refractivity (Wildman–Crippen MR) is 112 cm³/mol. The molecule has 0 aliphatic heterocycles. The van der Waals surface area contributed by atoms with Crippen molar-refractivity contribution in [1.82, 2.24) is 4.98 Å². The molecule has 1 heterocycles. The van der Waals surface area contributed by atoms with Gasteiger partial charge in [-0.05, 0) is 48.6 Å². The quantitative estimate of drug-likeness (QED) is 0.380. The first-order valence-electron chi connectivity index (χ1n) is 10.4. The standard InChI is InChI=1S/C24H35NO/c1-4-6-7-8-9-10-13-21-16-17-25-23(18-21)22-14-11-12-15-24(22)26-19-20(3)5-2/h11-12,14-18,20H,4-10,13,19H2,1-3H3. The highest BCUT2D eigenvalue weighted by Crippen LogP contribution is 2.29. The fraction of sp³-hybridized carbons (Fsp3) is 0.542. The molecule has 26 heavy (non-hydrogen) atoms. The summed E-state index contributed by atoms with van der Waals surface area (Å²) in [5, 5.41) is 0. The third kappa shape index (κ3) is 6.82. The predicted octanol–water partition coefficient (Wildman–Crippen LogP) is 7.08. The largest absolute Gasteiger partial charge is 0.493 e. The number of nitrogens with zero attached hydrogens (tertiary/aromatic N) is 1. The van der Waals surface area contributed by atoms with Crippen LogP contribution in [-0.2, 0) is 6.42 Å². The van der Waals surface area contributed by atoms with Gasteiger partial charge in [0.25, 0.3) is 0 Å². The number of aryl methyl sites for hydroxylation is 1. The summed E-state index contributed by atoms with van der Waals surface area (Å²) in [6, 6.07) is 12.7. The molecule has 1 aromatic heterocycles. The van der Waals surface area contributed by atoms with Crippen molar-refractivity contribution in [1.29, 1.82) is 0 Å². The molecule has 1 unspecified atom stereocenters. The van der Waals surface area contributed by atoms with Gasteiger partial charge in [-0.1, -0.05) is 71.4 Å². The van der Waals surface area contributed by atoms with Crippen LogP contribution >= 0.6 is 0 Å². The molecule has 0 saturated heterocycles. The lowest BCUT2D eigenvalue weighted by Gasteiger charge is -2.14. The van der Waals surface area contributed by atoms with E-state index in [2.05, 4.69) is 56.1 Å². The van der Waals surface area contributed by atoms with E-state index in [-0.39, 0.29) is 0 Å². The summed E-state index contributed by atoms with van der Waals surface area (Å²) in [6.07, 6.45) is 12.2. The molecule has 0 aliphatic carbocycles. The van der Waals surface area contributed by atoms with E-state index in [1.807, 2.05) is 12.3 Å². The molecule has 0 spiro atoms. The lowest BCUT2D eigenvalue weighted by Crippen LogP contribution is -2.08. The lowest BCUT2D eigenvalue weighted by molar-refractivity contribution is 0.257. The molecule has 0 aliphatic rings. The molecule has 0 saturated carbocycles. The SMILES string of the molecule is CCCCCCCCc1ccnc(-c2ccccc2OCC(C)CC)c1. The average Bonchev–Trinajstić information content (AvgIpc) is 2.69. The Bertz CT molecular complexity index is 638. The van der Waals surface area contributed by atoms with Crippen LogP contribution in [0.3, 0.4) is 0 Å². The first-order chi connectivity index (χ1) is 12.7. The number of hydrogen-bond acceptors (Lipinski definition) is 2. The fourth-order valence-electron chi connectivity index (χ4n) is 3.04. The Morgan fingerprint density at radius 3 is 2.54 bits per heavy atom. The lowest BCUT2D eigenvalue weighted by atomic mass is 10.0. The summed E-state index contributed by atoms with van der Waals surface area (Å²) < 4.78 is 6.08. The van der Waals surface area contributed by atoms with Crippen molar-refractivity contribution in [3.05, 3.63) is 48.2 Å². The van der Waals surface area contributed by atoms with Gasteiger partial charge in [-0.2, -0.15) is 0 Å². The summed E-state index contributed by atoms with van der Waals surface area (Å²) in [5.74, 6) is 1.51. The van der Waals surface area contributed by atoms with E-state index in [4.69, 9.17) is 4.74 Å². The molecular weight excluding hydrogens is 318 g/mol. The summed E-state index contributed by atoms with van der Waals surface area (Å²) >= 11 is 0. The zero-order valence-corrected chi connectivity index (χ0v) is 16.8. The summed E-state index contributed by atoms with van der Waals surface area (Å²) in [7, 11) is 0. The molecule has 0 radical (unpaired) electrons. The van der Waals surface area contributed by atoms with Gasteiger partial charge in [-0.3, -0.25) is 4.98 Å². The first-order valence-corrected chi connectivity index (χ1v) is 10.4. The van der Waals surface area contributed by atoms with Gasteiger partial charge in [0.15, 0.2) is 0 Å². The van der Waals surface area contributed by atoms with E-state index < -0.39 is 0 Å². The van der Waals surface area contributed by atoms with Crippen LogP contribution in [0.25, 0.3) is 11.3 Å². The molecule has 2 nitrogen and oxygen atoms in total. The normalized spacial score (nSPS) is 12.1. The summed E-state index contributed by atoms with van der Waals surface area (Å²) in [4.78, 5) is 4.61. The first kappa shape index (κ1) is 20.5. The van der Waals surface area contributed by atoms with E-state index in [0.717, 1.165) is 36.5 Å². The minimum atomic E-state index is 0.565. The average molecular weight is 354 g/mol. The molecule has 2 heteroatoms. The molecule has 2 aromatic rings. The second kappa shape index (κ2) is 11.7. The molecule has 142 valence electrons. The Morgan fingerprint density at radius 2 is 1.73 bits per heavy atom. The fourth-order valence-corrected chi connectivity index (χ4v) is 3.04. The molecule has 0 fully saturated rings. The molecule has 0 bridgehead atoms. The van der Waals surface area contributed by atoms with Gasteiger partial charge < -0.3 is 4.74 Å². The minimum Gasteiger partial charge on any atom is -0.493 e. The van der Waals surface area contributed by atoms with Crippen molar-refractivity contribution in [2.75, 3.05) is 6.61 Å². The smallest absolute Gasteiger partial charge is 0.128 e. The van der Waals surface area contributed by atoms with Gasteiger partial charge in [0.1, 0.15) is 5.75 Å². The number of hydrogen-bond donors (Lipinski definition) is 0. The van der Waals surface area contributed by atoms with Crippen molar-refractivity contribution in [2.45, 2.75) is 72.1 Å². The zero-order valence-electron chi connectivity index (χ0n) is 16.8. The second-order valence-electron chi connectivity index (χ2n) is 7.39. The highest BCUT2D eigenvalue weighted by atomic mass is 16.5. The van der Waals surface area contributed by atoms with Crippen molar-refractivity contribution in [3.63, 3.8) is 0 Å². The number of para-hydroxylation sites is 1. The van der Waals surface area contributed by atoms with Crippen molar-refractivity contribution >= 4 is 0 Å². The van der Waals surface area contributed by atoms with Crippen molar-refractivity contribution in [3.8, 4) is 17.0 Å². The topological polar surface area (TPSA) is 22.1 Å². The highest BCUT2D eigenvalue weighted by molar-refractivity contribution is 5.67. The third-order valence-electron chi connectivity index (χ3n) is 5.03. The maximum absolute atomic E-state index is 6.08. The van der Waals surface area contributed by atoms with Crippen molar-refractivity contribution < 1.29 is 4.74 Å². The Kier molecular flexibility index (Phi) is 9.23. The Morgan fingerprint density at radius 1 is 0.962 bits per heavy atom. The third-order valence-corrected chi connectivity index (χ3v) is 5.03. The minimum absolute atomic E-state index is 0.565. The van der Waals surface area contributed by atoms with Crippen LogP contribution in [0.5, 0.6) is 5.75 Å². The van der Waals surface area contributed by atoms with Crippen LogP contribution in [0.1, 0.15) is 71.3 Å². The highest BCUT2D eigenvalue weighted by Gasteiger charge is 2.09. The molecule has 0 amide bonds. The Labute approximate surface area is 160 Å². The molecule has 0 N–H and O–H groups in total. The van der Waals surface area contributed by atoms with Gasteiger partial charge in [0.2, 0.25) is 0 Å². The molecule has 1 atom stereocenters. The maximum atomic E-state index is 6.08. The number of ether oxygens (including phenoxy) is 1. The van der Waals surface area contributed by atoms with Crippen LogP contribution in [0.15, 0.2) is 42.6 Å². The van der Waals surface area contributed by atoms with E-state index in [1.165, 1.54) is 44.1 Å². The van der Waals surface area contributed by atoms with Crippen molar-refractivity contribution in [2.24, 2.45) is 5.92 Å². The number of benzene rings is 1. The molecule has 2 rings (SSSR count). The van der Waals surface area contributed by atoms with Crippen LogP contribution in [0.2, 0.25) is 0 Å². The Hall–Kier alpha value is -1.83. The van der Waals surface area contributed by atoms with E-state index >= 15 is 0 Å². The van der Waals surface area contributed by atoms with Crippen LogP contribution in [0.4, 0.5) is 0 Å². The van der Waals surface area contributed by atoms with E-state index in [1.54, 1.807) is 0 Å². The maximum Gasteiger partial charge on any atom is 0.128 e. The number of unbranched alkanes of at least 4 members (excludes halogenated alkanes) is 5. The van der Waals surface area contributed by atoms with Gasteiger partial charge in [-0.25, -0.2) is 0 Å². The monoisotopic (exact) mass is 353 g/mol. The van der Waals surface area contributed by atoms with Gasteiger partial charge in [-0.15, -0.1) is 0 Å². The number of pyridine rings is 1. The van der Waals surface area contributed by atoms with E-state index in [9.17, 15) is 0 Å². The van der Waals surface area contributed by atoms with Crippen LogP contribution in [-0.4, -0.2) is 11.6 Å². The molecular formula is C24H35NO. The zero-order chi connectivity index (χ0) is 18.6. The summed E-state index contributed by atoms with van der Waals surface area (Å²) in [6.45, 7) is 7.45. The van der Waals surface area contributed by atoms with Gasteiger partial charge in [0.05, 0.1) is 12.3 Å². The van der Waals surface area contributed by atoms with Gasteiger partial charge >= 0.3 is 0 Å². The molecule has 1 aromatic carbocycles.